The van der Waals surface area contributed by atoms with E-state index in [9.17, 15) is 4.79 Å². The fraction of sp³-hybridized carbons (Fsp3) is 0.929. The van der Waals surface area contributed by atoms with Crippen LogP contribution in [-0.2, 0) is 19.0 Å². The Bertz CT molecular complexity index is 277. The highest BCUT2D eigenvalue weighted by atomic mass is 16.7. The van der Waals surface area contributed by atoms with Gasteiger partial charge in [0, 0.05) is 45.9 Å². The highest BCUT2D eigenvalue weighted by molar-refractivity contribution is 5.69. The molecule has 0 amide bonds. The molecule has 1 saturated heterocycles. The number of piperazine rings is 1. The van der Waals surface area contributed by atoms with E-state index < -0.39 is 5.97 Å². The molecule has 1 N–H and O–H groups in total. The predicted octanol–water partition coefficient (Wildman–Crippen LogP) is 0.104. The van der Waals surface area contributed by atoms with Gasteiger partial charge in [-0.1, -0.05) is 0 Å². The Morgan fingerprint density at radius 3 is 2.19 bits per heavy atom. The van der Waals surface area contributed by atoms with Gasteiger partial charge in [-0.25, -0.2) is 0 Å². The van der Waals surface area contributed by atoms with E-state index in [4.69, 9.17) is 19.3 Å². The summed E-state index contributed by atoms with van der Waals surface area (Å²) in [7, 11) is 0. The molecule has 0 aromatic heterocycles. The number of hydrogen-bond acceptors (Lipinski definition) is 6. The van der Waals surface area contributed by atoms with Gasteiger partial charge in [0.15, 0.2) is 6.29 Å². The summed E-state index contributed by atoms with van der Waals surface area (Å²) in [5, 5.41) is 8.75. The van der Waals surface area contributed by atoms with Gasteiger partial charge in [0.05, 0.1) is 19.8 Å². The van der Waals surface area contributed by atoms with E-state index in [-0.39, 0.29) is 12.8 Å². The second-order valence-electron chi connectivity index (χ2n) is 4.93. The van der Waals surface area contributed by atoms with Crippen molar-refractivity contribution in [2.45, 2.75) is 20.1 Å². The third-order valence-electron chi connectivity index (χ3n) is 3.33. The first-order valence-corrected chi connectivity index (χ1v) is 7.63. The maximum atomic E-state index is 10.6. The molecular weight excluding hydrogens is 276 g/mol. The van der Waals surface area contributed by atoms with Gasteiger partial charge in [-0.3, -0.25) is 14.6 Å². The Morgan fingerprint density at radius 1 is 1.10 bits per heavy atom. The minimum atomic E-state index is -0.760. The van der Waals surface area contributed by atoms with Crippen LogP contribution in [0.4, 0.5) is 0 Å². The molecule has 0 spiro atoms. The molecule has 1 aliphatic heterocycles. The van der Waals surface area contributed by atoms with E-state index in [2.05, 4.69) is 4.90 Å². The van der Waals surface area contributed by atoms with Crippen LogP contribution in [0.1, 0.15) is 13.8 Å². The second-order valence-corrected chi connectivity index (χ2v) is 4.93. The van der Waals surface area contributed by atoms with Gasteiger partial charge in [0.2, 0.25) is 0 Å². The average Bonchev–Trinajstić information content (AvgIpc) is 2.45. The fourth-order valence-electron chi connectivity index (χ4n) is 2.25. The SMILES string of the molecule is CCOC(COCCN1CCN(CC(=O)O)CC1)OCC. The molecule has 0 aromatic carbocycles. The molecule has 0 aromatic rings. The smallest absolute Gasteiger partial charge is 0.317 e. The molecule has 0 saturated carbocycles. The van der Waals surface area contributed by atoms with E-state index in [1.807, 2.05) is 18.7 Å². The topological polar surface area (TPSA) is 71.5 Å². The van der Waals surface area contributed by atoms with Gasteiger partial charge in [-0.05, 0) is 13.8 Å². The molecule has 0 radical (unpaired) electrons. The van der Waals surface area contributed by atoms with Crippen LogP contribution in [0.25, 0.3) is 0 Å². The van der Waals surface area contributed by atoms with Crippen molar-refractivity contribution < 1.29 is 24.1 Å². The van der Waals surface area contributed by atoms with E-state index in [0.717, 1.165) is 32.7 Å². The van der Waals surface area contributed by atoms with E-state index >= 15 is 0 Å². The van der Waals surface area contributed by atoms with Gasteiger partial charge < -0.3 is 19.3 Å². The zero-order chi connectivity index (χ0) is 15.5. The van der Waals surface area contributed by atoms with Crippen LogP contribution in [0.5, 0.6) is 0 Å². The molecule has 21 heavy (non-hydrogen) atoms. The van der Waals surface area contributed by atoms with Gasteiger partial charge >= 0.3 is 5.97 Å². The lowest BCUT2D eigenvalue weighted by atomic mass is 10.3. The molecule has 7 nitrogen and oxygen atoms in total. The standard InChI is InChI=1S/C14H28N2O5/c1-3-20-14(21-4-2)12-19-10-9-15-5-7-16(8-6-15)11-13(17)18/h14H,3-12H2,1-2H3,(H,17,18). The van der Waals surface area contributed by atoms with Crippen molar-refractivity contribution in [3.8, 4) is 0 Å². The fourth-order valence-corrected chi connectivity index (χ4v) is 2.25. The monoisotopic (exact) mass is 304 g/mol. The van der Waals surface area contributed by atoms with Crippen molar-refractivity contribution in [1.82, 2.24) is 9.80 Å². The third kappa shape index (κ3) is 8.33. The van der Waals surface area contributed by atoms with E-state index in [0.29, 0.717) is 26.4 Å². The first-order valence-electron chi connectivity index (χ1n) is 7.63. The maximum absolute atomic E-state index is 10.6. The molecule has 0 aliphatic carbocycles. The van der Waals surface area contributed by atoms with E-state index in [1.54, 1.807) is 0 Å². The number of rotatable bonds is 11. The van der Waals surface area contributed by atoms with Crippen LogP contribution in [0.2, 0.25) is 0 Å². The van der Waals surface area contributed by atoms with Crippen molar-refractivity contribution in [1.29, 1.82) is 0 Å². The van der Waals surface area contributed by atoms with Crippen LogP contribution in [-0.4, -0.2) is 92.9 Å². The zero-order valence-electron chi connectivity index (χ0n) is 13.1. The Balaban J connectivity index is 2.07. The minimum absolute atomic E-state index is 0.134. The van der Waals surface area contributed by atoms with Gasteiger partial charge in [-0.15, -0.1) is 0 Å². The van der Waals surface area contributed by atoms with Crippen LogP contribution in [0.3, 0.4) is 0 Å². The number of ether oxygens (including phenoxy) is 3. The molecule has 124 valence electrons. The molecule has 1 heterocycles. The number of hydrogen-bond donors (Lipinski definition) is 1. The molecule has 0 atom stereocenters. The Kier molecular flexibility index (Phi) is 9.53. The Labute approximate surface area is 126 Å². The molecular formula is C14H28N2O5. The van der Waals surface area contributed by atoms with Crippen LogP contribution in [0.15, 0.2) is 0 Å². The summed E-state index contributed by atoms with van der Waals surface area (Å²) in [4.78, 5) is 14.9. The molecule has 1 fully saturated rings. The van der Waals surface area contributed by atoms with Crippen LogP contribution >= 0.6 is 0 Å². The van der Waals surface area contributed by atoms with Gasteiger partial charge in [0.1, 0.15) is 0 Å². The predicted molar refractivity (Wildman–Crippen MR) is 78.4 cm³/mol. The molecule has 0 unspecified atom stereocenters. The highest BCUT2D eigenvalue weighted by Gasteiger charge is 2.18. The number of carboxylic acid groups (broad SMARTS) is 1. The first kappa shape index (κ1) is 18.3. The second kappa shape index (κ2) is 10.9. The lowest BCUT2D eigenvalue weighted by Gasteiger charge is -2.33. The summed E-state index contributed by atoms with van der Waals surface area (Å²) in [5.74, 6) is -0.760. The molecule has 0 bridgehead atoms. The lowest BCUT2D eigenvalue weighted by molar-refractivity contribution is -0.168. The summed E-state index contributed by atoms with van der Waals surface area (Å²) < 4.78 is 16.4. The highest BCUT2D eigenvalue weighted by Crippen LogP contribution is 2.02. The van der Waals surface area contributed by atoms with Crippen molar-refractivity contribution >= 4 is 5.97 Å². The molecule has 7 heteroatoms. The summed E-state index contributed by atoms with van der Waals surface area (Å²) in [6.45, 7) is 10.5. The lowest BCUT2D eigenvalue weighted by Crippen LogP contribution is -2.48. The first-order chi connectivity index (χ1) is 10.2. The van der Waals surface area contributed by atoms with Gasteiger partial charge in [0.25, 0.3) is 0 Å². The summed E-state index contributed by atoms with van der Waals surface area (Å²) >= 11 is 0. The third-order valence-corrected chi connectivity index (χ3v) is 3.33. The van der Waals surface area contributed by atoms with Crippen molar-refractivity contribution in [3.05, 3.63) is 0 Å². The maximum Gasteiger partial charge on any atom is 0.317 e. The van der Waals surface area contributed by atoms with Crippen LogP contribution < -0.4 is 0 Å². The van der Waals surface area contributed by atoms with Crippen molar-refractivity contribution in [2.24, 2.45) is 0 Å². The number of aliphatic carboxylic acids is 1. The van der Waals surface area contributed by atoms with Crippen molar-refractivity contribution in [2.75, 3.05) is 65.7 Å². The number of carboxylic acids is 1. The summed E-state index contributed by atoms with van der Waals surface area (Å²) in [5.41, 5.74) is 0. The van der Waals surface area contributed by atoms with Crippen LogP contribution in [0, 0.1) is 0 Å². The van der Waals surface area contributed by atoms with Crippen molar-refractivity contribution in [3.63, 3.8) is 0 Å². The molecule has 1 rings (SSSR count). The van der Waals surface area contributed by atoms with E-state index in [1.165, 1.54) is 0 Å². The molecule has 1 aliphatic rings. The summed E-state index contributed by atoms with van der Waals surface area (Å²) in [6, 6.07) is 0. The van der Waals surface area contributed by atoms with Gasteiger partial charge in [-0.2, -0.15) is 0 Å². The summed E-state index contributed by atoms with van der Waals surface area (Å²) in [6.07, 6.45) is -0.285. The quantitative estimate of drug-likeness (QED) is 0.429. The number of nitrogens with zero attached hydrogens (tertiary/aromatic N) is 2. The average molecular weight is 304 g/mol. The zero-order valence-corrected chi connectivity index (χ0v) is 13.1. The number of carbonyl (C=O) groups is 1. The largest absolute Gasteiger partial charge is 0.480 e. The minimum Gasteiger partial charge on any atom is -0.480 e. The normalized spacial score (nSPS) is 17.5. The Morgan fingerprint density at radius 2 is 1.67 bits per heavy atom. The Hall–Kier alpha value is -0.730.